The Morgan fingerprint density at radius 3 is 2.48 bits per heavy atom. The van der Waals surface area contributed by atoms with Crippen LogP contribution in [0.4, 0.5) is 5.69 Å². The Labute approximate surface area is 125 Å². The van der Waals surface area contributed by atoms with E-state index in [0.717, 1.165) is 5.56 Å². The highest BCUT2D eigenvalue weighted by Gasteiger charge is 2.08. The number of rotatable bonds is 5. The number of amides is 1. The molecule has 21 heavy (non-hydrogen) atoms. The van der Waals surface area contributed by atoms with Crippen molar-refractivity contribution in [3.05, 3.63) is 65.7 Å². The van der Waals surface area contributed by atoms with Crippen LogP contribution in [0.3, 0.4) is 0 Å². The van der Waals surface area contributed by atoms with E-state index in [9.17, 15) is 4.79 Å². The second-order valence-corrected chi connectivity index (χ2v) is 4.62. The van der Waals surface area contributed by atoms with Crippen LogP contribution in [0.5, 0.6) is 5.75 Å². The quantitative estimate of drug-likeness (QED) is 0.837. The van der Waals surface area contributed by atoms with Crippen LogP contribution in [-0.4, -0.2) is 12.5 Å². The Balaban J connectivity index is 2.13. The average Bonchev–Trinajstić information content (AvgIpc) is 2.50. The molecule has 0 saturated carbocycles. The van der Waals surface area contributed by atoms with Crippen LogP contribution in [0.1, 0.15) is 19.4 Å². The zero-order chi connectivity index (χ0) is 15.1. The maximum Gasteiger partial charge on any atom is 0.251 e. The first kappa shape index (κ1) is 14.9. The topological polar surface area (TPSA) is 38.3 Å². The molecular weight excluding hydrogens is 262 g/mol. The van der Waals surface area contributed by atoms with Crippen molar-refractivity contribution in [2.24, 2.45) is 0 Å². The van der Waals surface area contributed by atoms with Crippen LogP contribution < -0.4 is 10.1 Å². The minimum absolute atomic E-state index is 0.133. The van der Waals surface area contributed by atoms with E-state index in [1.807, 2.05) is 67.6 Å². The lowest BCUT2D eigenvalue weighted by Crippen LogP contribution is -2.13. The number of anilines is 1. The predicted octanol–water partition coefficient (Wildman–Crippen LogP) is 4.13. The lowest BCUT2D eigenvalue weighted by Gasteiger charge is -2.11. The summed E-state index contributed by atoms with van der Waals surface area (Å²) in [5, 5.41) is 2.88. The lowest BCUT2D eigenvalue weighted by molar-refractivity contribution is -0.112. The molecule has 108 valence electrons. The molecular formula is C18H19NO2. The van der Waals surface area contributed by atoms with Crippen molar-refractivity contribution < 1.29 is 9.53 Å². The zero-order valence-corrected chi connectivity index (χ0v) is 12.3. The van der Waals surface area contributed by atoms with Crippen molar-refractivity contribution in [1.29, 1.82) is 0 Å². The molecule has 1 amide bonds. The molecule has 0 bridgehead atoms. The first-order valence-corrected chi connectivity index (χ1v) is 6.97. The number of ether oxygens (including phenoxy) is 1. The van der Waals surface area contributed by atoms with Gasteiger partial charge in [0, 0.05) is 5.57 Å². The molecule has 2 rings (SSSR count). The molecule has 1 N–H and O–H groups in total. The maximum atomic E-state index is 12.2. The Morgan fingerprint density at radius 1 is 1.10 bits per heavy atom. The van der Waals surface area contributed by atoms with E-state index < -0.39 is 0 Å². The molecule has 0 aliphatic heterocycles. The third kappa shape index (κ3) is 4.21. The van der Waals surface area contributed by atoms with Gasteiger partial charge in [0.05, 0.1) is 12.3 Å². The molecule has 0 fully saturated rings. The SMILES string of the molecule is CCOc1ccccc1NC(=O)/C(C)=C/c1ccccc1. The molecule has 2 aromatic carbocycles. The maximum absolute atomic E-state index is 12.2. The van der Waals surface area contributed by atoms with Crippen LogP contribution in [-0.2, 0) is 4.79 Å². The summed E-state index contributed by atoms with van der Waals surface area (Å²) in [6.07, 6.45) is 1.86. The number of benzene rings is 2. The highest BCUT2D eigenvalue weighted by Crippen LogP contribution is 2.24. The summed E-state index contributed by atoms with van der Waals surface area (Å²) in [7, 11) is 0. The molecule has 0 spiro atoms. The van der Waals surface area contributed by atoms with Gasteiger partial charge in [0.1, 0.15) is 5.75 Å². The van der Waals surface area contributed by atoms with Crippen LogP contribution in [0.2, 0.25) is 0 Å². The molecule has 0 aromatic heterocycles. The van der Waals surface area contributed by atoms with Gasteiger partial charge in [-0.15, -0.1) is 0 Å². The van der Waals surface area contributed by atoms with Gasteiger partial charge in [0.25, 0.3) is 5.91 Å². The summed E-state index contributed by atoms with van der Waals surface area (Å²) < 4.78 is 5.50. The molecule has 0 saturated heterocycles. The number of nitrogens with one attached hydrogen (secondary N) is 1. The Hall–Kier alpha value is -2.55. The van der Waals surface area contributed by atoms with E-state index in [0.29, 0.717) is 23.6 Å². The van der Waals surface area contributed by atoms with Gasteiger partial charge in [0.15, 0.2) is 0 Å². The largest absolute Gasteiger partial charge is 0.492 e. The Morgan fingerprint density at radius 2 is 1.76 bits per heavy atom. The fraction of sp³-hybridized carbons (Fsp3) is 0.167. The van der Waals surface area contributed by atoms with Gasteiger partial charge in [-0.05, 0) is 37.6 Å². The van der Waals surface area contributed by atoms with Gasteiger partial charge < -0.3 is 10.1 Å². The number of para-hydroxylation sites is 2. The lowest BCUT2D eigenvalue weighted by atomic mass is 10.1. The van der Waals surface area contributed by atoms with Crippen LogP contribution in [0.25, 0.3) is 6.08 Å². The van der Waals surface area contributed by atoms with E-state index in [4.69, 9.17) is 4.74 Å². The number of carbonyl (C=O) groups is 1. The number of hydrogen-bond acceptors (Lipinski definition) is 2. The summed E-state index contributed by atoms with van der Waals surface area (Å²) in [6, 6.07) is 17.2. The number of hydrogen-bond donors (Lipinski definition) is 1. The summed E-state index contributed by atoms with van der Waals surface area (Å²) >= 11 is 0. The monoisotopic (exact) mass is 281 g/mol. The van der Waals surface area contributed by atoms with Crippen molar-refractivity contribution in [2.75, 3.05) is 11.9 Å². The van der Waals surface area contributed by atoms with Gasteiger partial charge in [-0.1, -0.05) is 42.5 Å². The van der Waals surface area contributed by atoms with Gasteiger partial charge in [0.2, 0.25) is 0 Å². The summed E-state index contributed by atoms with van der Waals surface area (Å²) in [5.74, 6) is 0.548. The minimum Gasteiger partial charge on any atom is -0.492 e. The van der Waals surface area contributed by atoms with Gasteiger partial charge in [-0.3, -0.25) is 4.79 Å². The molecule has 0 unspecified atom stereocenters. The van der Waals surface area contributed by atoms with Crippen molar-refractivity contribution >= 4 is 17.7 Å². The van der Waals surface area contributed by atoms with E-state index in [2.05, 4.69) is 5.32 Å². The zero-order valence-electron chi connectivity index (χ0n) is 12.3. The van der Waals surface area contributed by atoms with Crippen LogP contribution >= 0.6 is 0 Å². The Kier molecular flexibility index (Phi) is 5.16. The highest BCUT2D eigenvalue weighted by atomic mass is 16.5. The van der Waals surface area contributed by atoms with Gasteiger partial charge in [-0.25, -0.2) is 0 Å². The van der Waals surface area contributed by atoms with E-state index in [1.165, 1.54) is 0 Å². The fourth-order valence-corrected chi connectivity index (χ4v) is 1.94. The second-order valence-electron chi connectivity index (χ2n) is 4.62. The smallest absolute Gasteiger partial charge is 0.251 e. The Bertz CT molecular complexity index is 633. The summed E-state index contributed by atoms with van der Waals surface area (Å²) in [4.78, 5) is 12.2. The van der Waals surface area contributed by atoms with Crippen LogP contribution in [0.15, 0.2) is 60.2 Å². The van der Waals surface area contributed by atoms with Gasteiger partial charge >= 0.3 is 0 Å². The van der Waals surface area contributed by atoms with Crippen molar-refractivity contribution in [3.63, 3.8) is 0 Å². The van der Waals surface area contributed by atoms with E-state index in [1.54, 1.807) is 6.92 Å². The molecule has 0 aliphatic rings. The highest BCUT2D eigenvalue weighted by molar-refractivity contribution is 6.06. The minimum atomic E-state index is -0.133. The van der Waals surface area contributed by atoms with Crippen LogP contribution in [0, 0.1) is 0 Å². The molecule has 0 aliphatic carbocycles. The molecule has 0 radical (unpaired) electrons. The van der Waals surface area contributed by atoms with Crippen molar-refractivity contribution in [1.82, 2.24) is 0 Å². The second kappa shape index (κ2) is 7.29. The first-order valence-electron chi connectivity index (χ1n) is 6.97. The summed E-state index contributed by atoms with van der Waals surface area (Å²) in [5.41, 5.74) is 2.33. The van der Waals surface area contributed by atoms with Gasteiger partial charge in [-0.2, -0.15) is 0 Å². The molecule has 2 aromatic rings. The third-order valence-corrected chi connectivity index (χ3v) is 2.98. The molecule has 3 heteroatoms. The van der Waals surface area contributed by atoms with Crippen molar-refractivity contribution in [2.45, 2.75) is 13.8 Å². The normalized spacial score (nSPS) is 11.0. The number of carbonyl (C=O) groups excluding carboxylic acids is 1. The fourth-order valence-electron chi connectivity index (χ4n) is 1.94. The van der Waals surface area contributed by atoms with E-state index >= 15 is 0 Å². The molecule has 0 heterocycles. The predicted molar refractivity (Wildman–Crippen MR) is 86.3 cm³/mol. The standard InChI is InChI=1S/C18H19NO2/c1-3-21-17-12-8-7-11-16(17)19-18(20)14(2)13-15-9-5-4-6-10-15/h4-13H,3H2,1-2H3,(H,19,20)/b14-13+. The molecule has 3 nitrogen and oxygen atoms in total. The first-order chi connectivity index (χ1) is 10.2. The summed E-state index contributed by atoms with van der Waals surface area (Å²) in [6.45, 7) is 4.27. The third-order valence-electron chi connectivity index (χ3n) is 2.98. The van der Waals surface area contributed by atoms with Crippen molar-refractivity contribution in [3.8, 4) is 5.75 Å². The average molecular weight is 281 g/mol. The molecule has 0 atom stereocenters. The van der Waals surface area contributed by atoms with E-state index in [-0.39, 0.29) is 5.91 Å².